The summed E-state index contributed by atoms with van der Waals surface area (Å²) in [6.07, 6.45) is 2.99. The van der Waals surface area contributed by atoms with E-state index in [2.05, 4.69) is 15.3 Å². The van der Waals surface area contributed by atoms with Crippen LogP contribution in [0.15, 0.2) is 29.6 Å². The molecule has 0 unspecified atom stereocenters. The van der Waals surface area contributed by atoms with Gasteiger partial charge >= 0.3 is 0 Å². The molecule has 0 radical (unpaired) electrons. The first-order valence-electron chi connectivity index (χ1n) is 5.61. The second-order valence-electron chi connectivity index (χ2n) is 3.83. The molecular weight excluding hydrogens is 355 g/mol. The maximum Gasteiger partial charge on any atom is 0.234 e. The summed E-state index contributed by atoms with van der Waals surface area (Å²) >= 11 is 18.9. The molecule has 0 fully saturated rings. The van der Waals surface area contributed by atoms with E-state index >= 15 is 0 Å². The zero-order valence-corrected chi connectivity index (χ0v) is 13.5. The first-order valence-corrected chi connectivity index (χ1v) is 7.73. The summed E-state index contributed by atoms with van der Waals surface area (Å²) in [4.78, 5) is 19.8. The Hall–Kier alpha value is -1.21. The number of nitrogens with one attached hydrogen (secondary N) is 1. The van der Waals surface area contributed by atoms with Gasteiger partial charge in [-0.3, -0.25) is 4.79 Å². The Balaban J connectivity index is 1.99. The molecule has 0 aliphatic rings. The quantitative estimate of drug-likeness (QED) is 0.638. The average Bonchev–Trinajstić information content (AvgIpc) is 2.44. The van der Waals surface area contributed by atoms with Crippen LogP contribution in [0.5, 0.6) is 0 Å². The number of rotatable bonds is 4. The van der Waals surface area contributed by atoms with E-state index < -0.39 is 0 Å². The highest BCUT2D eigenvalue weighted by molar-refractivity contribution is 8.00. The van der Waals surface area contributed by atoms with Crippen LogP contribution in [0.25, 0.3) is 0 Å². The van der Waals surface area contributed by atoms with Crippen LogP contribution in [0, 0.1) is 0 Å². The number of thioether (sulfide) groups is 1. The molecule has 1 aromatic heterocycles. The highest BCUT2D eigenvalue weighted by Crippen LogP contribution is 2.32. The van der Waals surface area contributed by atoms with Gasteiger partial charge in [0.1, 0.15) is 5.03 Å². The summed E-state index contributed by atoms with van der Waals surface area (Å²) in [5, 5.41) is 4.07. The van der Waals surface area contributed by atoms with Gasteiger partial charge in [0.05, 0.1) is 26.5 Å². The van der Waals surface area contributed by atoms with Crippen LogP contribution in [0.3, 0.4) is 0 Å². The van der Waals surface area contributed by atoms with Gasteiger partial charge in [-0.25, -0.2) is 9.97 Å². The molecule has 21 heavy (non-hydrogen) atoms. The molecule has 3 N–H and O–H groups in total. The first-order chi connectivity index (χ1) is 9.97. The van der Waals surface area contributed by atoms with E-state index in [9.17, 15) is 4.79 Å². The number of carbonyl (C=O) groups is 1. The third-order valence-electron chi connectivity index (χ3n) is 2.32. The second-order valence-corrected chi connectivity index (χ2v) is 6.02. The van der Waals surface area contributed by atoms with Crippen LogP contribution in [-0.2, 0) is 4.79 Å². The maximum absolute atomic E-state index is 11.9. The largest absolute Gasteiger partial charge is 0.381 e. The lowest BCUT2D eigenvalue weighted by Crippen LogP contribution is -2.14. The molecule has 0 saturated heterocycles. The van der Waals surface area contributed by atoms with Gasteiger partial charge < -0.3 is 11.1 Å². The van der Waals surface area contributed by atoms with Crippen molar-refractivity contribution >= 4 is 64.0 Å². The molecule has 0 saturated carbocycles. The molecule has 0 spiro atoms. The molecule has 110 valence electrons. The minimum absolute atomic E-state index is 0.111. The summed E-state index contributed by atoms with van der Waals surface area (Å²) in [5.41, 5.74) is 6.03. The number of nitrogen functional groups attached to an aromatic ring is 1. The van der Waals surface area contributed by atoms with Crippen molar-refractivity contribution in [3.63, 3.8) is 0 Å². The Morgan fingerprint density at radius 2 is 1.81 bits per heavy atom. The lowest BCUT2D eigenvalue weighted by Gasteiger charge is -2.08. The summed E-state index contributed by atoms with van der Waals surface area (Å²) in [5.74, 6) is 0.118. The van der Waals surface area contributed by atoms with E-state index in [4.69, 9.17) is 40.5 Å². The molecule has 2 aromatic rings. The summed E-state index contributed by atoms with van der Waals surface area (Å²) < 4.78 is 0. The van der Waals surface area contributed by atoms with Crippen LogP contribution in [0.4, 0.5) is 11.5 Å². The Kier molecular flexibility index (Phi) is 5.52. The number of nitrogens with zero attached hydrogens (tertiary/aromatic N) is 2. The van der Waals surface area contributed by atoms with Gasteiger partial charge in [0.15, 0.2) is 5.82 Å². The van der Waals surface area contributed by atoms with Gasteiger partial charge in [-0.15, -0.1) is 0 Å². The van der Waals surface area contributed by atoms with Gasteiger partial charge in [-0.1, -0.05) is 46.6 Å². The van der Waals surface area contributed by atoms with E-state index in [1.54, 1.807) is 0 Å². The SMILES string of the molecule is Nc1nccnc1SCC(=O)Nc1cc(Cl)c(Cl)cc1Cl. The molecule has 0 atom stereocenters. The highest BCUT2D eigenvalue weighted by Gasteiger charge is 2.11. The van der Waals surface area contributed by atoms with Crippen LogP contribution in [0.1, 0.15) is 0 Å². The van der Waals surface area contributed by atoms with Gasteiger partial charge in [0.2, 0.25) is 5.91 Å². The fourth-order valence-electron chi connectivity index (χ4n) is 1.39. The van der Waals surface area contributed by atoms with Crippen molar-refractivity contribution in [2.45, 2.75) is 5.03 Å². The number of hydrogen-bond donors (Lipinski definition) is 2. The number of halogens is 3. The van der Waals surface area contributed by atoms with Crippen molar-refractivity contribution in [3.8, 4) is 0 Å². The standard InChI is InChI=1S/C12H9Cl3N4OS/c13-6-3-8(15)9(4-7(6)14)19-10(20)5-21-12-11(16)17-1-2-18-12/h1-4H,5H2,(H2,16,17)(H,19,20). The van der Waals surface area contributed by atoms with E-state index in [0.717, 1.165) is 0 Å². The molecule has 0 aliphatic heterocycles. The lowest BCUT2D eigenvalue weighted by molar-refractivity contribution is -0.113. The van der Waals surface area contributed by atoms with Crippen molar-refractivity contribution in [1.29, 1.82) is 0 Å². The molecule has 1 amide bonds. The van der Waals surface area contributed by atoms with Crippen LogP contribution in [0.2, 0.25) is 15.1 Å². The van der Waals surface area contributed by atoms with Crippen molar-refractivity contribution in [1.82, 2.24) is 9.97 Å². The minimum atomic E-state index is -0.273. The zero-order chi connectivity index (χ0) is 15.4. The molecule has 5 nitrogen and oxygen atoms in total. The average molecular weight is 364 g/mol. The molecule has 0 aliphatic carbocycles. The number of anilines is 2. The van der Waals surface area contributed by atoms with E-state index in [1.165, 1.54) is 36.3 Å². The molecule has 9 heteroatoms. The Labute approximate surface area is 140 Å². The predicted octanol–water partition coefficient (Wildman–Crippen LogP) is 3.75. The van der Waals surface area contributed by atoms with E-state index in [-0.39, 0.29) is 17.5 Å². The smallest absolute Gasteiger partial charge is 0.234 e. The van der Waals surface area contributed by atoms with Crippen molar-refractivity contribution < 1.29 is 4.79 Å². The monoisotopic (exact) mass is 362 g/mol. The van der Waals surface area contributed by atoms with Crippen LogP contribution >= 0.6 is 46.6 Å². The van der Waals surface area contributed by atoms with Gasteiger partial charge in [-0.05, 0) is 12.1 Å². The lowest BCUT2D eigenvalue weighted by atomic mass is 10.3. The van der Waals surface area contributed by atoms with Crippen LogP contribution in [-0.4, -0.2) is 21.6 Å². The Morgan fingerprint density at radius 3 is 2.52 bits per heavy atom. The van der Waals surface area contributed by atoms with E-state index in [1.807, 2.05) is 0 Å². The second kappa shape index (κ2) is 7.17. The molecule has 0 bridgehead atoms. The van der Waals surface area contributed by atoms with Crippen LogP contribution < -0.4 is 11.1 Å². The fourth-order valence-corrected chi connectivity index (χ4v) is 2.66. The number of hydrogen-bond acceptors (Lipinski definition) is 5. The number of benzene rings is 1. The normalized spacial score (nSPS) is 10.4. The molecule has 1 aromatic carbocycles. The molecule has 1 heterocycles. The summed E-state index contributed by atoms with van der Waals surface area (Å²) in [6, 6.07) is 2.96. The number of nitrogens with two attached hydrogens (primary N) is 1. The van der Waals surface area contributed by atoms with E-state index in [0.29, 0.717) is 25.8 Å². The zero-order valence-electron chi connectivity index (χ0n) is 10.4. The van der Waals surface area contributed by atoms with Crippen molar-refractivity contribution in [3.05, 3.63) is 39.6 Å². The summed E-state index contributed by atoms with van der Waals surface area (Å²) in [7, 11) is 0. The third-order valence-corrected chi connectivity index (χ3v) is 4.34. The van der Waals surface area contributed by atoms with Gasteiger partial charge in [0.25, 0.3) is 0 Å². The topological polar surface area (TPSA) is 80.9 Å². The predicted molar refractivity (Wildman–Crippen MR) is 87.3 cm³/mol. The third kappa shape index (κ3) is 4.38. The number of carbonyl (C=O) groups excluding carboxylic acids is 1. The number of aromatic nitrogens is 2. The maximum atomic E-state index is 11.9. The Bertz CT molecular complexity index is 684. The van der Waals surface area contributed by atoms with Crippen molar-refractivity contribution in [2.75, 3.05) is 16.8 Å². The van der Waals surface area contributed by atoms with Gasteiger partial charge in [0, 0.05) is 12.4 Å². The first kappa shape index (κ1) is 16.2. The fraction of sp³-hybridized carbons (Fsp3) is 0.0833. The molecule has 2 rings (SSSR count). The molecular formula is C12H9Cl3N4OS. The van der Waals surface area contributed by atoms with Crippen molar-refractivity contribution in [2.24, 2.45) is 0 Å². The Morgan fingerprint density at radius 1 is 1.14 bits per heavy atom. The highest BCUT2D eigenvalue weighted by atomic mass is 35.5. The number of amides is 1. The van der Waals surface area contributed by atoms with Gasteiger partial charge in [-0.2, -0.15) is 0 Å². The minimum Gasteiger partial charge on any atom is -0.381 e. The summed E-state index contributed by atoms with van der Waals surface area (Å²) in [6.45, 7) is 0.